The average Bonchev–Trinajstić information content (AvgIpc) is 2.89. The summed E-state index contributed by atoms with van der Waals surface area (Å²) in [6.45, 7) is 0. The number of tetrazole rings is 1. The molecule has 7 heteroatoms. The summed E-state index contributed by atoms with van der Waals surface area (Å²) in [5.41, 5.74) is 7.25. The number of hydrogen-bond donors (Lipinski definition) is 1. The lowest BCUT2D eigenvalue weighted by Gasteiger charge is -2.01. The number of benzene rings is 1. The number of nitrogens with zero attached hydrogens (tertiary/aromatic N) is 5. The van der Waals surface area contributed by atoms with Crippen LogP contribution in [0.3, 0.4) is 0 Å². The number of halogens is 1. The summed E-state index contributed by atoms with van der Waals surface area (Å²) in [6.07, 6.45) is 1.64. The molecule has 0 spiro atoms. The third-order valence-electron chi connectivity index (χ3n) is 2.50. The summed E-state index contributed by atoms with van der Waals surface area (Å²) < 4.78 is 0.803. The van der Waals surface area contributed by atoms with Crippen LogP contribution in [-0.4, -0.2) is 25.2 Å². The van der Waals surface area contributed by atoms with E-state index in [9.17, 15) is 0 Å². The number of anilines is 1. The van der Waals surface area contributed by atoms with Crippen LogP contribution >= 0.6 is 15.9 Å². The second-order valence-corrected chi connectivity index (χ2v) is 4.75. The molecule has 0 unspecified atom stereocenters. The third-order valence-corrected chi connectivity index (χ3v) is 2.93. The van der Waals surface area contributed by atoms with E-state index in [1.54, 1.807) is 12.3 Å². The van der Waals surface area contributed by atoms with Gasteiger partial charge in [0, 0.05) is 16.2 Å². The summed E-state index contributed by atoms with van der Waals surface area (Å²) in [5, 5.41) is 12.2. The first-order chi connectivity index (χ1) is 9.24. The molecule has 0 aliphatic carbocycles. The predicted octanol–water partition coefficient (Wildman–Crippen LogP) is 2.07. The van der Waals surface area contributed by atoms with Gasteiger partial charge in [0.1, 0.15) is 0 Å². The van der Waals surface area contributed by atoms with Crippen molar-refractivity contribution in [2.45, 2.75) is 0 Å². The average molecular weight is 317 g/mol. The maximum atomic E-state index is 5.88. The topological polar surface area (TPSA) is 82.5 Å². The minimum absolute atomic E-state index is 0.456. The van der Waals surface area contributed by atoms with Gasteiger partial charge in [0.25, 0.3) is 0 Å². The van der Waals surface area contributed by atoms with Gasteiger partial charge in [0.05, 0.1) is 5.69 Å². The molecule has 0 saturated heterocycles. The van der Waals surface area contributed by atoms with E-state index in [2.05, 4.69) is 36.3 Å². The zero-order valence-electron chi connectivity index (χ0n) is 9.73. The van der Waals surface area contributed by atoms with Crippen molar-refractivity contribution in [3.63, 3.8) is 0 Å². The second-order valence-electron chi connectivity index (χ2n) is 3.83. The van der Waals surface area contributed by atoms with Crippen LogP contribution in [0.5, 0.6) is 0 Å². The number of nitrogens with two attached hydrogens (primary N) is 1. The van der Waals surface area contributed by atoms with E-state index in [1.165, 1.54) is 4.80 Å². The largest absolute Gasteiger partial charge is 0.396 e. The predicted molar refractivity (Wildman–Crippen MR) is 74.5 cm³/mol. The summed E-state index contributed by atoms with van der Waals surface area (Å²) in [5.74, 6) is 0.989. The van der Waals surface area contributed by atoms with Crippen molar-refractivity contribution in [3.05, 3.63) is 47.1 Å². The van der Waals surface area contributed by atoms with E-state index in [0.717, 1.165) is 10.0 Å². The quantitative estimate of drug-likeness (QED) is 0.782. The van der Waals surface area contributed by atoms with Gasteiger partial charge in [-0.05, 0) is 27.2 Å². The van der Waals surface area contributed by atoms with E-state index >= 15 is 0 Å². The van der Waals surface area contributed by atoms with Crippen molar-refractivity contribution < 1.29 is 0 Å². The highest BCUT2D eigenvalue weighted by atomic mass is 79.9. The van der Waals surface area contributed by atoms with Crippen LogP contribution in [0.15, 0.2) is 47.1 Å². The van der Waals surface area contributed by atoms with Gasteiger partial charge in [-0.1, -0.05) is 30.3 Å². The fourth-order valence-corrected chi connectivity index (χ4v) is 1.97. The third kappa shape index (κ3) is 2.32. The minimum Gasteiger partial charge on any atom is -0.396 e. The van der Waals surface area contributed by atoms with Crippen LogP contribution in [0.25, 0.3) is 17.2 Å². The van der Waals surface area contributed by atoms with Crippen LogP contribution in [0.1, 0.15) is 0 Å². The van der Waals surface area contributed by atoms with Crippen molar-refractivity contribution in [1.29, 1.82) is 0 Å². The van der Waals surface area contributed by atoms with E-state index in [1.807, 2.05) is 30.3 Å². The standard InChI is InChI=1S/C12H9BrN6/c13-9-6-10(14)12(15-7-9)19-17-11(16-18-19)8-4-2-1-3-5-8/h1-7H,14H2. The van der Waals surface area contributed by atoms with Gasteiger partial charge in [-0.3, -0.25) is 0 Å². The Morgan fingerprint density at radius 2 is 1.95 bits per heavy atom. The normalized spacial score (nSPS) is 10.6. The van der Waals surface area contributed by atoms with Crippen LogP contribution in [-0.2, 0) is 0 Å². The highest BCUT2D eigenvalue weighted by molar-refractivity contribution is 9.10. The zero-order chi connectivity index (χ0) is 13.2. The smallest absolute Gasteiger partial charge is 0.205 e. The Bertz CT molecular complexity index is 709. The molecule has 0 fully saturated rings. The number of pyridine rings is 1. The summed E-state index contributed by atoms with van der Waals surface area (Å²) in [6, 6.07) is 11.3. The van der Waals surface area contributed by atoms with Crippen LogP contribution in [0, 0.1) is 0 Å². The number of nitrogen functional groups attached to an aromatic ring is 1. The zero-order valence-corrected chi connectivity index (χ0v) is 11.3. The molecule has 0 amide bonds. The lowest BCUT2D eigenvalue weighted by Crippen LogP contribution is -2.06. The van der Waals surface area contributed by atoms with Gasteiger partial charge in [-0.15, -0.1) is 15.0 Å². The van der Waals surface area contributed by atoms with E-state index < -0.39 is 0 Å². The van der Waals surface area contributed by atoms with Crippen molar-refractivity contribution in [3.8, 4) is 17.2 Å². The molecule has 0 radical (unpaired) electrons. The van der Waals surface area contributed by atoms with Crippen molar-refractivity contribution in [2.24, 2.45) is 0 Å². The molecule has 0 saturated carbocycles. The van der Waals surface area contributed by atoms with Gasteiger partial charge < -0.3 is 5.73 Å². The molecule has 1 aromatic carbocycles. The minimum atomic E-state index is 0.456. The highest BCUT2D eigenvalue weighted by Crippen LogP contribution is 2.19. The molecular weight excluding hydrogens is 308 g/mol. The lowest BCUT2D eigenvalue weighted by molar-refractivity contribution is 0.702. The Hall–Kier alpha value is -2.28. The fraction of sp³-hybridized carbons (Fsp3) is 0. The van der Waals surface area contributed by atoms with Gasteiger partial charge in [-0.2, -0.15) is 0 Å². The van der Waals surface area contributed by atoms with Crippen LogP contribution in [0.4, 0.5) is 5.69 Å². The molecule has 0 atom stereocenters. The first kappa shape index (κ1) is 11.8. The summed E-state index contributed by atoms with van der Waals surface area (Å²) in [7, 11) is 0. The molecule has 6 nitrogen and oxygen atoms in total. The van der Waals surface area contributed by atoms with Gasteiger partial charge in [0.2, 0.25) is 5.82 Å². The molecule has 0 aliphatic heterocycles. The van der Waals surface area contributed by atoms with Crippen molar-refractivity contribution in [2.75, 3.05) is 5.73 Å². The number of aromatic nitrogens is 5. The molecular formula is C12H9BrN6. The maximum absolute atomic E-state index is 5.88. The molecule has 2 aromatic heterocycles. The molecule has 2 N–H and O–H groups in total. The summed E-state index contributed by atoms with van der Waals surface area (Å²) in [4.78, 5) is 5.50. The molecule has 3 rings (SSSR count). The van der Waals surface area contributed by atoms with Gasteiger partial charge in [0.15, 0.2) is 5.82 Å². The molecule has 3 aromatic rings. The van der Waals surface area contributed by atoms with Crippen molar-refractivity contribution in [1.82, 2.24) is 25.2 Å². The summed E-state index contributed by atoms with van der Waals surface area (Å²) >= 11 is 3.30. The number of hydrogen-bond acceptors (Lipinski definition) is 5. The van der Waals surface area contributed by atoms with E-state index in [4.69, 9.17) is 5.73 Å². The lowest BCUT2D eigenvalue weighted by atomic mass is 10.2. The fourth-order valence-electron chi connectivity index (χ4n) is 1.62. The molecule has 2 heterocycles. The molecule has 0 aliphatic rings. The Labute approximate surface area is 117 Å². The van der Waals surface area contributed by atoms with E-state index in [-0.39, 0.29) is 0 Å². The molecule has 0 bridgehead atoms. The SMILES string of the molecule is Nc1cc(Br)cnc1-n1nnc(-c2ccccc2)n1. The van der Waals surface area contributed by atoms with Gasteiger partial charge >= 0.3 is 0 Å². The number of rotatable bonds is 2. The Morgan fingerprint density at radius 3 is 2.68 bits per heavy atom. The molecule has 19 heavy (non-hydrogen) atoms. The van der Waals surface area contributed by atoms with Crippen molar-refractivity contribution >= 4 is 21.6 Å². The highest BCUT2D eigenvalue weighted by Gasteiger charge is 2.10. The Balaban J connectivity index is 2.02. The molecule has 94 valence electrons. The maximum Gasteiger partial charge on any atom is 0.205 e. The Kier molecular flexibility index (Phi) is 2.96. The van der Waals surface area contributed by atoms with Crippen LogP contribution < -0.4 is 5.73 Å². The van der Waals surface area contributed by atoms with E-state index in [0.29, 0.717) is 17.3 Å². The Morgan fingerprint density at radius 1 is 1.16 bits per heavy atom. The monoisotopic (exact) mass is 316 g/mol. The van der Waals surface area contributed by atoms with Gasteiger partial charge in [-0.25, -0.2) is 4.98 Å². The first-order valence-electron chi connectivity index (χ1n) is 5.51. The van der Waals surface area contributed by atoms with Crippen LogP contribution in [0.2, 0.25) is 0 Å². The first-order valence-corrected chi connectivity index (χ1v) is 6.30. The second kappa shape index (κ2) is 4.77.